The van der Waals surface area contributed by atoms with Crippen molar-refractivity contribution >= 4 is 23.0 Å². The van der Waals surface area contributed by atoms with Crippen molar-refractivity contribution in [2.75, 3.05) is 17.3 Å². The minimum atomic E-state index is -4.29. The van der Waals surface area contributed by atoms with Gasteiger partial charge in [0, 0.05) is 38.0 Å². The zero-order chi connectivity index (χ0) is 23.1. The number of nitro groups is 1. The van der Waals surface area contributed by atoms with Gasteiger partial charge in [0.1, 0.15) is 5.69 Å². The van der Waals surface area contributed by atoms with Crippen molar-refractivity contribution < 1.29 is 36.8 Å². The van der Waals surface area contributed by atoms with Gasteiger partial charge in [0.25, 0.3) is 11.6 Å². The third-order valence-electron chi connectivity index (χ3n) is 6.08. The van der Waals surface area contributed by atoms with Crippen molar-refractivity contribution in [2.45, 2.75) is 62.7 Å². The Labute approximate surface area is 174 Å². The lowest BCUT2D eigenvalue weighted by Crippen LogP contribution is -2.44. The molecule has 1 aromatic carbocycles. The van der Waals surface area contributed by atoms with Gasteiger partial charge < -0.3 is 15.3 Å². The summed E-state index contributed by atoms with van der Waals surface area (Å²) in [7, 11) is 1.50. The molecule has 0 atom stereocenters. The van der Waals surface area contributed by atoms with Crippen LogP contribution in [0.25, 0.3) is 0 Å². The van der Waals surface area contributed by atoms with E-state index in [0.717, 1.165) is 6.07 Å². The number of nitrogens with one attached hydrogen (secondary N) is 1. The number of carbonyl (C=O) groups is 1. The number of anilines is 2. The van der Waals surface area contributed by atoms with E-state index in [1.165, 1.54) is 18.0 Å². The Hall–Kier alpha value is -2.66. The number of aromatic carboxylic acids is 1. The third-order valence-corrected chi connectivity index (χ3v) is 6.08. The predicted octanol–water partition coefficient (Wildman–Crippen LogP) is 5.06. The molecule has 0 amide bonds. The topological polar surface area (TPSA) is 95.7 Å². The molecule has 0 aliphatic heterocycles. The average Bonchev–Trinajstić information content (AvgIpc) is 2.64. The summed E-state index contributed by atoms with van der Waals surface area (Å²) in [5, 5.41) is 23.7. The van der Waals surface area contributed by atoms with E-state index in [9.17, 15) is 42.0 Å². The fourth-order valence-corrected chi connectivity index (χ4v) is 4.27. The Morgan fingerprint density at radius 1 is 1.23 bits per heavy atom. The highest BCUT2D eigenvalue weighted by molar-refractivity contribution is 5.97. The molecule has 0 saturated heterocycles. The first-order valence-corrected chi connectivity index (χ1v) is 9.78. The number of hydrogen-bond donors (Lipinski definition) is 2. The van der Waals surface area contributed by atoms with Crippen molar-refractivity contribution in [3.63, 3.8) is 0 Å². The summed E-state index contributed by atoms with van der Waals surface area (Å²) in [5.74, 6) is -5.73. The molecule has 0 heterocycles. The van der Waals surface area contributed by atoms with E-state index in [1.807, 2.05) is 0 Å². The van der Waals surface area contributed by atoms with Gasteiger partial charge in [0.2, 0.25) is 0 Å². The zero-order valence-corrected chi connectivity index (χ0v) is 16.6. The first kappa shape index (κ1) is 23.0. The molecule has 12 heteroatoms. The van der Waals surface area contributed by atoms with Gasteiger partial charge in [-0.15, -0.1) is 0 Å². The van der Waals surface area contributed by atoms with E-state index in [-0.39, 0.29) is 37.1 Å². The number of carboxylic acid groups (broad SMARTS) is 1. The molecule has 2 fully saturated rings. The van der Waals surface area contributed by atoms with Gasteiger partial charge in [-0.3, -0.25) is 10.1 Å². The molecule has 3 rings (SSSR count). The number of nitro benzene ring substituents is 1. The van der Waals surface area contributed by atoms with Crippen LogP contribution >= 0.6 is 0 Å². The van der Waals surface area contributed by atoms with Gasteiger partial charge in [-0.2, -0.15) is 13.2 Å². The monoisotopic (exact) mass is 451 g/mol. The number of alkyl halides is 5. The molecule has 2 N–H and O–H groups in total. The van der Waals surface area contributed by atoms with Crippen molar-refractivity contribution in [3.05, 3.63) is 27.8 Å². The fourth-order valence-electron chi connectivity index (χ4n) is 4.27. The van der Waals surface area contributed by atoms with Crippen LogP contribution in [-0.2, 0) is 0 Å². The highest BCUT2D eigenvalue weighted by Gasteiger charge is 2.46. The first-order chi connectivity index (χ1) is 14.3. The summed E-state index contributed by atoms with van der Waals surface area (Å²) >= 11 is 0. The standard InChI is InChI=1S/C19H22F5N3O4/c1-26(12-4-2-10(3-5-12)19(22,23)24)15-7-14(25-11-8-18(20,21)9-11)13(17(28)29)6-16(15)27(30)31/h6-7,10-12,25H,2-5,8-9H2,1H3,(H,28,29). The normalized spacial score (nSPS) is 23.7. The molecule has 1 aromatic rings. The Balaban J connectivity index is 1.88. The highest BCUT2D eigenvalue weighted by Crippen LogP contribution is 2.43. The molecular formula is C19H22F5N3O4. The smallest absolute Gasteiger partial charge is 0.391 e. The largest absolute Gasteiger partial charge is 0.478 e. The fraction of sp³-hybridized carbons (Fsp3) is 0.632. The van der Waals surface area contributed by atoms with E-state index in [4.69, 9.17) is 0 Å². The molecule has 2 aliphatic carbocycles. The minimum absolute atomic E-state index is 0.0269. The quantitative estimate of drug-likeness (QED) is 0.357. The van der Waals surface area contributed by atoms with Crippen LogP contribution < -0.4 is 10.2 Å². The van der Waals surface area contributed by atoms with Gasteiger partial charge >= 0.3 is 12.1 Å². The number of hydrogen-bond acceptors (Lipinski definition) is 5. The summed E-state index contributed by atoms with van der Waals surface area (Å²) in [6.45, 7) is 0. The second-order valence-electron chi connectivity index (χ2n) is 8.21. The molecule has 0 radical (unpaired) electrons. The summed E-state index contributed by atoms with van der Waals surface area (Å²) < 4.78 is 65.1. The SMILES string of the molecule is CN(c1cc(NC2CC(F)(F)C2)c(C(=O)O)cc1[N+](=O)[O-])C1CCC(C(F)(F)F)CC1. The summed E-state index contributed by atoms with van der Waals surface area (Å²) in [5.41, 5.74) is -0.953. The van der Waals surface area contributed by atoms with Gasteiger partial charge in [-0.05, 0) is 31.7 Å². The van der Waals surface area contributed by atoms with Gasteiger partial charge in [0.15, 0.2) is 0 Å². The van der Waals surface area contributed by atoms with Crippen molar-refractivity contribution in [3.8, 4) is 0 Å². The lowest BCUT2D eigenvalue weighted by atomic mass is 9.84. The highest BCUT2D eigenvalue weighted by atomic mass is 19.4. The van der Waals surface area contributed by atoms with E-state index in [1.54, 1.807) is 0 Å². The van der Waals surface area contributed by atoms with Gasteiger partial charge in [0.05, 0.1) is 22.1 Å². The lowest BCUT2D eigenvalue weighted by molar-refractivity contribution is -0.384. The summed E-state index contributed by atoms with van der Waals surface area (Å²) in [4.78, 5) is 23.9. The van der Waals surface area contributed by atoms with E-state index >= 15 is 0 Å². The van der Waals surface area contributed by atoms with Crippen LogP contribution in [0.1, 0.15) is 48.9 Å². The Morgan fingerprint density at radius 3 is 2.26 bits per heavy atom. The molecule has 31 heavy (non-hydrogen) atoms. The van der Waals surface area contributed by atoms with Crippen LogP contribution in [0.3, 0.4) is 0 Å². The van der Waals surface area contributed by atoms with Crippen LogP contribution in [0.4, 0.5) is 39.0 Å². The Morgan fingerprint density at radius 2 is 1.81 bits per heavy atom. The van der Waals surface area contributed by atoms with Gasteiger partial charge in [-0.25, -0.2) is 13.6 Å². The number of halogens is 5. The van der Waals surface area contributed by atoms with E-state index < -0.39 is 65.1 Å². The van der Waals surface area contributed by atoms with Crippen molar-refractivity contribution in [1.82, 2.24) is 0 Å². The summed E-state index contributed by atoms with van der Waals surface area (Å²) in [6, 6.07) is 0.978. The molecule has 7 nitrogen and oxygen atoms in total. The molecule has 172 valence electrons. The molecule has 0 bridgehead atoms. The molecule has 2 saturated carbocycles. The second-order valence-corrected chi connectivity index (χ2v) is 8.21. The van der Waals surface area contributed by atoms with Crippen LogP contribution in [0.2, 0.25) is 0 Å². The maximum Gasteiger partial charge on any atom is 0.391 e. The summed E-state index contributed by atoms with van der Waals surface area (Å²) in [6.07, 6.45) is -5.16. The molecular weight excluding hydrogens is 429 g/mol. The lowest BCUT2D eigenvalue weighted by Gasteiger charge is -2.37. The second kappa shape index (κ2) is 8.12. The third kappa shape index (κ3) is 4.99. The predicted molar refractivity (Wildman–Crippen MR) is 102 cm³/mol. The van der Waals surface area contributed by atoms with Crippen LogP contribution in [0.15, 0.2) is 12.1 Å². The van der Waals surface area contributed by atoms with E-state index in [0.29, 0.717) is 0 Å². The number of benzene rings is 1. The molecule has 0 unspecified atom stereocenters. The van der Waals surface area contributed by atoms with Crippen molar-refractivity contribution in [1.29, 1.82) is 0 Å². The van der Waals surface area contributed by atoms with E-state index in [2.05, 4.69) is 5.32 Å². The number of carboxylic acids is 1. The van der Waals surface area contributed by atoms with Crippen LogP contribution in [0.5, 0.6) is 0 Å². The van der Waals surface area contributed by atoms with Crippen molar-refractivity contribution in [2.24, 2.45) is 5.92 Å². The Kier molecular flexibility index (Phi) is 6.03. The number of rotatable bonds is 6. The van der Waals surface area contributed by atoms with Gasteiger partial charge in [-0.1, -0.05) is 0 Å². The molecule has 0 spiro atoms. The minimum Gasteiger partial charge on any atom is -0.478 e. The maximum atomic E-state index is 13.2. The average molecular weight is 451 g/mol. The van der Waals surface area contributed by atoms with Crippen LogP contribution in [0, 0.1) is 16.0 Å². The zero-order valence-electron chi connectivity index (χ0n) is 16.6. The first-order valence-electron chi connectivity index (χ1n) is 9.78. The Bertz CT molecular complexity index is 861. The number of nitrogens with zero attached hydrogens (tertiary/aromatic N) is 2. The maximum absolute atomic E-state index is 13.2. The molecule has 2 aliphatic rings. The molecule has 0 aromatic heterocycles. The van der Waals surface area contributed by atoms with Crippen LogP contribution in [-0.4, -0.2) is 47.2 Å².